The zero-order valence-corrected chi connectivity index (χ0v) is 15.4. The maximum atomic E-state index is 12.3. The minimum Gasteiger partial charge on any atom is -0.452 e. The number of halogens is 1. The van der Waals surface area contributed by atoms with Gasteiger partial charge in [-0.15, -0.1) is 6.58 Å². The summed E-state index contributed by atoms with van der Waals surface area (Å²) in [6.45, 7) is 3.07. The van der Waals surface area contributed by atoms with Crippen LogP contribution in [0.1, 0.15) is 31.1 Å². The minimum absolute atomic E-state index is 0.0657. The van der Waals surface area contributed by atoms with Crippen molar-refractivity contribution in [2.45, 2.75) is 0 Å². The number of nitrogens with zero attached hydrogens (tertiary/aromatic N) is 1. The Morgan fingerprint density at radius 1 is 1.11 bits per heavy atom. The van der Waals surface area contributed by atoms with Crippen LogP contribution in [0.2, 0.25) is 5.02 Å². The zero-order valence-electron chi connectivity index (χ0n) is 14.6. The highest BCUT2D eigenvalue weighted by Crippen LogP contribution is 2.24. The van der Waals surface area contributed by atoms with Gasteiger partial charge in [0.1, 0.15) is 0 Å². The molecule has 0 aliphatic carbocycles. The maximum absolute atomic E-state index is 12.3. The molecule has 1 heterocycles. The Hall–Kier alpha value is -3.45. The molecule has 8 heteroatoms. The molecule has 0 saturated carbocycles. The van der Waals surface area contributed by atoms with Gasteiger partial charge in [0.25, 0.3) is 17.7 Å². The number of anilines is 1. The Bertz CT molecular complexity index is 1000. The van der Waals surface area contributed by atoms with E-state index in [4.69, 9.17) is 16.3 Å². The number of hydrogen-bond donors (Lipinski definition) is 1. The van der Waals surface area contributed by atoms with E-state index in [2.05, 4.69) is 11.9 Å². The molecule has 0 bridgehead atoms. The number of ether oxygens (including phenoxy) is 1. The van der Waals surface area contributed by atoms with Gasteiger partial charge in [0.2, 0.25) is 0 Å². The van der Waals surface area contributed by atoms with E-state index in [-0.39, 0.29) is 23.2 Å². The summed E-state index contributed by atoms with van der Waals surface area (Å²) in [4.78, 5) is 49.6. The molecule has 3 amide bonds. The van der Waals surface area contributed by atoms with Crippen molar-refractivity contribution in [2.75, 3.05) is 18.5 Å². The van der Waals surface area contributed by atoms with Crippen LogP contribution in [0.25, 0.3) is 0 Å². The second-order valence-corrected chi connectivity index (χ2v) is 6.34. The standard InChI is InChI=1S/C20H15ClN2O5/c1-2-8-23-18(25)15-7-6-12(9-16(15)19(23)26)20(27)28-11-17(24)22-14-5-3-4-13(21)10-14/h2-7,9-10H,1,8,11H2,(H,22,24). The lowest BCUT2D eigenvalue weighted by Crippen LogP contribution is -2.29. The number of nitrogens with one attached hydrogen (secondary N) is 1. The number of amides is 3. The summed E-state index contributed by atoms with van der Waals surface area (Å²) < 4.78 is 4.98. The molecule has 2 aromatic carbocycles. The summed E-state index contributed by atoms with van der Waals surface area (Å²) in [5.41, 5.74) is 0.861. The third-order valence-corrected chi connectivity index (χ3v) is 4.20. The van der Waals surface area contributed by atoms with E-state index in [1.807, 2.05) is 0 Å². The second-order valence-electron chi connectivity index (χ2n) is 5.90. The first-order valence-corrected chi connectivity index (χ1v) is 8.62. The largest absolute Gasteiger partial charge is 0.452 e. The second kappa shape index (κ2) is 8.06. The Morgan fingerprint density at radius 3 is 2.57 bits per heavy atom. The molecule has 142 valence electrons. The number of esters is 1. The molecule has 1 aliphatic rings. The molecule has 3 rings (SSSR count). The predicted molar refractivity (Wildman–Crippen MR) is 102 cm³/mol. The zero-order chi connectivity index (χ0) is 20.3. The van der Waals surface area contributed by atoms with Crippen molar-refractivity contribution in [1.82, 2.24) is 4.90 Å². The normalized spacial score (nSPS) is 12.5. The number of carbonyl (C=O) groups is 4. The van der Waals surface area contributed by atoms with Crippen molar-refractivity contribution in [2.24, 2.45) is 0 Å². The topological polar surface area (TPSA) is 92.8 Å². The summed E-state index contributed by atoms with van der Waals surface area (Å²) in [7, 11) is 0. The highest BCUT2D eigenvalue weighted by atomic mass is 35.5. The predicted octanol–water partition coefficient (Wildman–Crippen LogP) is 2.92. The monoisotopic (exact) mass is 398 g/mol. The summed E-state index contributed by atoms with van der Waals surface area (Å²) in [5.74, 6) is -2.28. The van der Waals surface area contributed by atoms with Crippen LogP contribution in [-0.4, -0.2) is 41.7 Å². The third kappa shape index (κ3) is 3.94. The van der Waals surface area contributed by atoms with Crippen LogP contribution < -0.4 is 5.32 Å². The van der Waals surface area contributed by atoms with Gasteiger partial charge in [-0.2, -0.15) is 0 Å². The molecule has 0 aromatic heterocycles. The summed E-state index contributed by atoms with van der Waals surface area (Å²) in [6.07, 6.45) is 1.44. The van der Waals surface area contributed by atoms with Crippen LogP contribution >= 0.6 is 11.6 Å². The molecule has 0 spiro atoms. The first kappa shape index (κ1) is 19.3. The Balaban J connectivity index is 1.64. The molecule has 28 heavy (non-hydrogen) atoms. The van der Waals surface area contributed by atoms with Gasteiger partial charge < -0.3 is 10.1 Å². The fourth-order valence-corrected chi connectivity index (χ4v) is 2.88. The SMILES string of the molecule is C=CCN1C(=O)c2ccc(C(=O)OCC(=O)Nc3cccc(Cl)c3)cc2C1=O. The molecule has 0 atom stereocenters. The first-order chi connectivity index (χ1) is 13.4. The van der Waals surface area contributed by atoms with Gasteiger partial charge in [0, 0.05) is 17.3 Å². The quantitative estimate of drug-likeness (QED) is 0.459. The molecule has 0 radical (unpaired) electrons. The van der Waals surface area contributed by atoms with Crippen LogP contribution in [0.15, 0.2) is 55.1 Å². The first-order valence-electron chi connectivity index (χ1n) is 8.24. The Morgan fingerprint density at radius 2 is 1.86 bits per heavy atom. The van der Waals surface area contributed by atoms with E-state index in [0.29, 0.717) is 10.7 Å². The van der Waals surface area contributed by atoms with Gasteiger partial charge >= 0.3 is 5.97 Å². The Kier molecular flexibility index (Phi) is 5.56. The lowest BCUT2D eigenvalue weighted by molar-refractivity contribution is -0.119. The van der Waals surface area contributed by atoms with Gasteiger partial charge in [-0.1, -0.05) is 23.7 Å². The number of rotatable bonds is 6. The van der Waals surface area contributed by atoms with Crippen LogP contribution in [0.3, 0.4) is 0 Å². The molecule has 0 fully saturated rings. The fraction of sp³-hybridized carbons (Fsp3) is 0.100. The summed E-state index contributed by atoms with van der Waals surface area (Å²) in [6, 6.07) is 10.6. The highest BCUT2D eigenvalue weighted by Gasteiger charge is 2.35. The maximum Gasteiger partial charge on any atom is 0.338 e. The molecular weight excluding hydrogens is 384 g/mol. The van der Waals surface area contributed by atoms with Gasteiger partial charge in [-0.3, -0.25) is 19.3 Å². The van der Waals surface area contributed by atoms with E-state index >= 15 is 0 Å². The average Bonchev–Trinajstić information content (AvgIpc) is 2.91. The van der Waals surface area contributed by atoms with Gasteiger partial charge in [0.05, 0.1) is 16.7 Å². The summed E-state index contributed by atoms with van der Waals surface area (Å²) in [5, 5.41) is 3.00. The van der Waals surface area contributed by atoms with Gasteiger partial charge in [0.15, 0.2) is 6.61 Å². The van der Waals surface area contributed by atoms with Crippen LogP contribution in [0.5, 0.6) is 0 Å². The molecule has 0 unspecified atom stereocenters. The van der Waals surface area contributed by atoms with Crippen molar-refractivity contribution in [1.29, 1.82) is 0 Å². The molecule has 7 nitrogen and oxygen atoms in total. The van der Waals surface area contributed by atoms with E-state index in [0.717, 1.165) is 4.90 Å². The third-order valence-electron chi connectivity index (χ3n) is 3.96. The smallest absolute Gasteiger partial charge is 0.338 e. The van der Waals surface area contributed by atoms with E-state index in [9.17, 15) is 19.2 Å². The van der Waals surface area contributed by atoms with Crippen molar-refractivity contribution in [3.8, 4) is 0 Å². The lowest BCUT2D eigenvalue weighted by Gasteiger charge is -2.09. The number of hydrogen-bond acceptors (Lipinski definition) is 5. The molecule has 0 saturated heterocycles. The van der Waals surface area contributed by atoms with Crippen molar-refractivity contribution in [3.05, 3.63) is 76.8 Å². The number of carbonyl (C=O) groups excluding carboxylic acids is 4. The van der Waals surface area contributed by atoms with E-state index in [1.54, 1.807) is 24.3 Å². The fourth-order valence-electron chi connectivity index (χ4n) is 2.69. The minimum atomic E-state index is -0.786. The molecule has 1 aliphatic heterocycles. The van der Waals surface area contributed by atoms with Crippen LogP contribution in [0.4, 0.5) is 5.69 Å². The van der Waals surface area contributed by atoms with E-state index < -0.39 is 30.3 Å². The highest BCUT2D eigenvalue weighted by molar-refractivity contribution is 6.30. The average molecular weight is 399 g/mol. The van der Waals surface area contributed by atoms with Crippen LogP contribution in [-0.2, 0) is 9.53 Å². The molecule has 1 N–H and O–H groups in total. The van der Waals surface area contributed by atoms with Crippen LogP contribution in [0, 0.1) is 0 Å². The van der Waals surface area contributed by atoms with Crippen molar-refractivity contribution in [3.63, 3.8) is 0 Å². The lowest BCUT2D eigenvalue weighted by atomic mass is 10.1. The molecule has 2 aromatic rings. The van der Waals surface area contributed by atoms with Gasteiger partial charge in [-0.25, -0.2) is 4.79 Å². The number of benzene rings is 2. The van der Waals surface area contributed by atoms with Gasteiger partial charge in [-0.05, 0) is 36.4 Å². The Labute approximate surface area is 165 Å². The summed E-state index contributed by atoms with van der Waals surface area (Å²) >= 11 is 5.84. The van der Waals surface area contributed by atoms with E-state index in [1.165, 1.54) is 24.3 Å². The van der Waals surface area contributed by atoms with Crippen molar-refractivity contribution >= 4 is 41.0 Å². The number of fused-ring (bicyclic) bond motifs is 1. The molecular formula is C20H15ClN2O5. The number of imide groups is 1. The van der Waals surface area contributed by atoms with Crippen molar-refractivity contribution < 1.29 is 23.9 Å².